The number of Topliss-reactive ketones (excluding diaryl/α,β-unsaturated/α-hetero) is 1. The Morgan fingerprint density at radius 3 is 2.50 bits per heavy atom. The molecule has 1 aromatic carbocycles. The molecular formula is C12H14OS. The van der Waals surface area contributed by atoms with Gasteiger partial charge in [-0.1, -0.05) is 43.0 Å². The van der Waals surface area contributed by atoms with Crippen molar-refractivity contribution >= 4 is 17.5 Å². The average molecular weight is 206 g/mol. The number of benzene rings is 1. The van der Waals surface area contributed by atoms with E-state index in [1.54, 1.807) is 6.92 Å². The first-order chi connectivity index (χ1) is 6.74. The Hall–Kier alpha value is -1.02. The summed E-state index contributed by atoms with van der Waals surface area (Å²) in [5.41, 5.74) is 0. The van der Waals surface area contributed by atoms with E-state index in [0.29, 0.717) is 0 Å². The van der Waals surface area contributed by atoms with Crippen LogP contribution in [0.4, 0.5) is 0 Å². The van der Waals surface area contributed by atoms with Gasteiger partial charge in [-0.15, -0.1) is 0 Å². The van der Waals surface area contributed by atoms with E-state index in [1.807, 2.05) is 43.3 Å². The van der Waals surface area contributed by atoms with Crippen molar-refractivity contribution in [2.24, 2.45) is 0 Å². The number of hydrogen-bond donors (Lipinski definition) is 0. The summed E-state index contributed by atoms with van der Waals surface area (Å²) in [4.78, 5) is 13.2. The summed E-state index contributed by atoms with van der Waals surface area (Å²) in [6.45, 7) is 3.64. The van der Waals surface area contributed by atoms with Crippen molar-refractivity contribution in [3.05, 3.63) is 41.3 Å². The number of hydrogen-bond acceptors (Lipinski definition) is 2. The van der Waals surface area contributed by atoms with Crippen LogP contribution in [0, 0.1) is 0 Å². The third-order valence-electron chi connectivity index (χ3n) is 1.71. The summed E-state index contributed by atoms with van der Waals surface area (Å²) in [6, 6.07) is 9.95. The lowest BCUT2D eigenvalue weighted by atomic mass is 10.3. The summed E-state index contributed by atoms with van der Waals surface area (Å²) >= 11 is 1.53. The number of carbonyl (C=O) groups excluding carboxylic acids is 1. The maximum absolute atomic E-state index is 11.2. The predicted molar refractivity (Wildman–Crippen MR) is 61.4 cm³/mol. The van der Waals surface area contributed by atoms with Crippen LogP contribution in [-0.2, 0) is 4.79 Å². The van der Waals surface area contributed by atoms with Crippen LogP contribution in [0.5, 0.6) is 0 Å². The van der Waals surface area contributed by atoms with Gasteiger partial charge in [0.05, 0.1) is 4.91 Å². The van der Waals surface area contributed by atoms with E-state index in [4.69, 9.17) is 0 Å². The minimum Gasteiger partial charge on any atom is -0.294 e. The van der Waals surface area contributed by atoms with Crippen LogP contribution in [0.3, 0.4) is 0 Å². The smallest absolute Gasteiger partial charge is 0.166 e. The molecule has 0 unspecified atom stereocenters. The van der Waals surface area contributed by atoms with Gasteiger partial charge in [-0.2, -0.15) is 0 Å². The lowest BCUT2D eigenvalue weighted by Gasteiger charge is -2.02. The first-order valence-corrected chi connectivity index (χ1v) is 5.49. The lowest BCUT2D eigenvalue weighted by molar-refractivity contribution is -0.112. The van der Waals surface area contributed by atoms with Crippen LogP contribution >= 0.6 is 11.8 Å². The molecule has 0 saturated carbocycles. The zero-order valence-corrected chi connectivity index (χ0v) is 9.30. The van der Waals surface area contributed by atoms with E-state index in [1.165, 1.54) is 11.8 Å². The van der Waals surface area contributed by atoms with Gasteiger partial charge in [-0.3, -0.25) is 4.79 Å². The van der Waals surface area contributed by atoms with E-state index in [9.17, 15) is 4.79 Å². The Labute approximate surface area is 89.2 Å². The van der Waals surface area contributed by atoms with Crippen molar-refractivity contribution in [3.63, 3.8) is 0 Å². The van der Waals surface area contributed by atoms with Crippen LogP contribution in [0.1, 0.15) is 20.3 Å². The number of allylic oxidation sites excluding steroid dienone is 2. The molecule has 0 saturated heterocycles. The van der Waals surface area contributed by atoms with Gasteiger partial charge >= 0.3 is 0 Å². The van der Waals surface area contributed by atoms with E-state index < -0.39 is 0 Å². The predicted octanol–water partition coefficient (Wildman–Crippen LogP) is 3.66. The van der Waals surface area contributed by atoms with Crippen molar-refractivity contribution in [1.82, 2.24) is 0 Å². The Bertz CT molecular complexity index is 327. The molecule has 1 nitrogen and oxygen atoms in total. The molecule has 0 radical (unpaired) electrons. The van der Waals surface area contributed by atoms with Crippen molar-refractivity contribution < 1.29 is 4.79 Å². The van der Waals surface area contributed by atoms with Gasteiger partial charge in [0.15, 0.2) is 5.78 Å². The molecule has 0 heterocycles. The second kappa shape index (κ2) is 5.66. The summed E-state index contributed by atoms with van der Waals surface area (Å²) in [5.74, 6) is 0.140. The van der Waals surface area contributed by atoms with E-state index >= 15 is 0 Å². The molecular weight excluding hydrogens is 192 g/mol. The highest BCUT2D eigenvalue weighted by molar-refractivity contribution is 8.04. The third-order valence-corrected chi connectivity index (χ3v) is 2.89. The normalized spacial score (nSPS) is 11.4. The van der Waals surface area contributed by atoms with Gasteiger partial charge < -0.3 is 0 Å². The third kappa shape index (κ3) is 3.38. The zero-order valence-electron chi connectivity index (χ0n) is 8.49. The molecule has 0 amide bonds. The molecule has 0 aliphatic rings. The lowest BCUT2D eigenvalue weighted by Crippen LogP contribution is -1.91. The summed E-state index contributed by atoms with van der Waals surface area (Å²) in [6.07, 6.45) is 2.87. The fraction of sp³-hybridized carbons (Fsp3) is 0.250. The second-order valence-electron chi connectivity index (χ2n) is 2.95. The van der Waals surface area contributed by atoms with Crippen molar-refractivity contribution in [1.29, 1.82) is 0 Å². The largest absolute Gasteiger partial charge is 0.294 e. The molecule has 14 heavy (non-hydrogen) atoms. The van der Waals surface area contributed by atoms with Gasteiger partial charge in [0, 0.05) is 4.90 Å². The topological polar surface area (TPSA) is 17.1 Å². The molecule has 0 spiro atoms. The fourth-order valence-electron chi connectivity index (χ4n) is 1.06. The maximum Gasteiger partial charge on any atom is 0.166 e. The molecule has 2 heteroatoms. The van der Waals surface area contributed by atoms with E-state index in [0.717, 1.165) is 16.2 Å². The second-order valence-corrected chi connectivity index (χ2v) is 4.06. The highest BCUT2D eigenvalue weighted by Gasteiger charge is 2.04. The van der Waals surface area contributed by atoms with Crippen LogP contribution < -0.4 is 0 Å². The summed E-state index contributed by atoms with van der Waals surface area (Å²) < 4.78 is 0. The molecule has 0 aliphatic carbocycles. The van der Waals surface area contributed by atoms with Crippen molar-refractivity contribution in [2.45, 2.75) is 25.2 Å². The minimum atomic E-state index is 0.140. The standard InChI is InChI=1S/C12H14OS/c1-3-7-12(10(2)13)14-11-8-5-4-6-9-11/h4-9H,3H2,1-2H3/b12-7+. The van der Waals surface area contributed by atoms with Gasteiger partial charge in [-0.05, 0) is 25.5 Å². The Kier molecular flexibility index (Phi) is 4.47. The minimum absolute atomic E-state index is 0.140. The molecule has 0 atom stereocenters. The van der Waals surface area contributed by atoms with Crippen molar-refractivity contribution in [3.8, 4) is 0 Å². The number of carbonyl (C=O) groups is 1. The number of ketones is 1. The molecule has 0 N–H and O–H groups in total. The Morgan fingerprint density at radius 2 is 2.00 bits per heavy atom. The SMILES string of the molecule is CC/C=C(/Sc1ccccc1)C(C)=O. The van der Waals surface area contributed by atoms with Crippen LogP contribution in [0.2, 0.25) is 0 Å². The molecule has 0 aliphatic heterocycles. The van der Waals surface area contributed by atoms with Crippen LogP contribution in [-0.4, -0.2) is 5.78 Å². The monoisotopic (exact) mass is 206 g/mol. The Morgan fingerprint density at radius 1 is 1.36 bits per heavy atom. The van der Waals surface area contributed by atoms with E-state index in [-0.39, 0.29) is 5.78 Å². The number of rotatable bonds is 4. The quantitative estimate of drug-likeness (QED) is 0.552. The van der Waals surface area contributed by atoms with Gasteiger partial charge in [0.2, 0.25) is 0 Å². The maximum atomic E-state index is 11.2. The average Bonchev–Trinajstić information content (AvgIpc) is 2.18. The molecule has 74 valence electrons. The van der Waals surface area contributed by atoms with Gasteiger partial charge in [-0.25, -0.2) is 0 Å². The number of thioether (sulfide) groups is 1. The molecule has 0 bridgehead atoms. The highest BCUT2D eigenvalue weighted by atomic mass is 32.2. The first kappa shape index (κ1) is 11.1. The molecule has 1 aromatic rings. The molecule has 0 fully saturated rings. The highest BCUT2D eigenvalue weighted by Crippen LogP contribution is 2.26. The fourth-order valence-corrected chi connectivity index (χ4v) is 2.00. The van der Waals surface area contributed by atoms with Crippen LogP contribution in [0.15, 0.2) is 46.2 Å². The van der Waals surface area contributed by atoms with Gasteiger partial charge in [0.1, 0.15) is 0 Å². The summed E-state index contributed by atoms with van der Waals surface area (Å²) in [7, 11) is 0. The van der Waals surface area contributed by atoms with Gasteiger partial charge in [0.25, 0.3) is 0 Å². The summed E-state index contributed by atoms with van der Waals surface area (Å²) in [5, 5.41) is 0. The zero-order chi connectivity index (χ0) is 10.4. The Balaban J connectivity index is 2.76. The molecule has 1 rings (SSSR count). The molecule has 0 aromatic heterocycles. The van der Waals surface area contributed by atoms with Crippen molar-refractivity contribution in [2.75, 3.05) is 0 Å². The van der Waals surface area contributed by atoms with E-state index in [2.05, 4.69) is 0 Å². The van der Waals surface area contributed by atoms with Crippen LogP contribution in [0.25, 0.3) is 0 Å². The first-order valence-electron chi connectivity index (χ1n) is 4.68.